The van der Waals surface area contributed by atoms with Crippen LogP contribution in [0.5, 0.6) is 0 Å². The van der Waals surface area contributed by atoms with Gasteiger partial charge in [-0.3, -0.25) is 9.59 Å². The van der Waals surface area contributed by atoms with Crippen molar-refractivity contribution in [1.29, 1.82) is 0 Å². The summed E-state index contributed by atoms with van der Waals surface area (Å²) in [5.74, 6) is 0.453. The first-order valence-corrected chi connectivity index (χ1v) is 10.3. The summed E-state index contributed by atoms with van der Waals surface area (Å²) in [7, 11) is 0. The molecule has 3 heterocycles. The zero-order valence-electron chi connectivity index (χ0n) is 17.7. The third-order valence-corrected chi connectivity index (χ3v) is 5.87. The van der Waals surface area contributed by atoms with Crippen LogP contribution in [-0.2, 0) is 12.0 Å². The molecule has 0 aliphatic carbocycles. The molecule has 5 nitrogen and oxygen atoms in total. The highest BCUT2D eigenvalue weighted by molar-refractivity contribution is 5.99. The van der Waals surface area contributed by atoms with Crippen LogP contribution in [0.3, 0.4) is 0 Å². The van der Waals surface area contributed by atoms with E-state index in [1.54, 1.807) is 41.5 Å². The zero-order chi connectivity index (χ0) is 21.8. The molecule has 0 saturated heterocycles. The molecule has 0 spiro atoms. The number of rotatable bonds is 3. The van der Waals surface area contributed by atoms with Crippen LogP contribution in [0, 0.1) is 0 Å². The average molecular weight is 413 g/mol. The highest BCUT2D eigenvalue weighted by Crippen LogP contribution is 2.39. The Bertz CT molecular complexity index is 1320. The Labute approximate surface area is 179 Å². The van der Waals surface area contributed by atoms with Crippen LogP contribution in [0.1, 0.15) is 59.8 Å². The molecule has 1 aliphatic heterocycles. The van der Waals surface area contributed by atoms with E-state index in [-0.39, 0.29) is 29.1 Å². The van der Waals surface area contributed by atoms with Gasteiger partial charge in [-0.05, 0) is 40.8 Å². The van der Waals surface area contributed by atoms with Gasteiger partial charge in [-0.1, -0.05) is 57.2 Å². The molecule has 4 aromatic rings. The molecule has 156 valence electrons. The van der Waals surface area contributed by atoms with E-state index in [1.165, 1.54) is 5.56 Å². The maximum absolute atomic E-state index is 13.5. The van der Waals surface area contributed by atoms with Crippen molar-refractivity contribution in [3.63, 3.8) is 0 Å². The number of fused-ring (bicyclic) bond motifs is 2. The second kappa shape index (κ2) is 6.98. The fraction of sp³-hybridized carbons (Fsp3) is 0.231. The minimum absolute atomic E-state index is 0.00498. The number of furan rings is 1. The van der Waals surface area contributed by atoms with E-state index in [0.717, 1.165) is 5.56 Å². The van der Waals surface area contributed by atoms with E-state index < -0.39 is 6.04 Å². The number of carbonyl (C=O) groups excluding carboxylic acids is 1. The zero-order valence-corrected chi connectivity index (χ0v) is 17.7. The number of hydrogen-bond acceptors (Lipinski definition) is 4. The van der Waals surface area contributed by atoms with Crippen molar-refractivity contribution in [3.8, 4) is 0 Å². The predicted octanol–water partition coefficient (Wildman–Crippen LogP) is 5.43. The molecule has 0 fully saturated rings. The lowest BCUT2D eigenvalue weighted by Crippen LogP contribution is -2.29. The Morgan fingerprint density at radius 1 is 0.935 bits per heavy atom. The minimum Gasteiger partial charge on any atom is -0.467 e. The summed E-state index contributed by atoms with van der Waals surface area (Å²) >= 11 is 0. The maximum Gasteiger partial charge on any atom is 0.291 e. The second-order valence-electron chi connectivity index (χ2n) is 8.96. The summed E-state index contributed by atoms with van der Waals surface area (Å²) in [5, 5.41) is 0.477. The van der Waals surface area contributed by atoms with Crippen LogP contribution in [0.25, 0.3) is 11.0 Å². The molecule has 0 saturated carbocycles. The van der Waals surface area contributed by atoms with E-state index >= 15 is 0 Å². The molecule has 0 unspecified atom stereocenters. The molecule has 1 aliphatic rings. The second-order valence-corrected chi connectivity index (χ2v) is 8.96. The van der Waals surface area contributed by atoms with Crippen molar-refractivity contribution in [2.75, 3.05) is 0 Å². The fourth-order valence-corrected chi connectivity index (χ4v) is 4.21. The van der Waals surface area contributed by atoms with Gasteiger partial charge < -0.3 is 13.7 Å². The van der Waals surface area contributed by atoms with Gasteiger partial charge in [0, 0.05) is 0 Å². The molecule has 0 bridgehead atoms. The summed E-state index contributed by atoms with van der Waals surface area (Å²) in [4.78, 5) is 28.5. The number of benzene rings is 2. The van der Waals surface area contributed by atoms with E-state index in [1.807, 2.05) is 18.2 Å². The standard InChI is InChI=1S/C26H23NO4/c1-26(2,3)17-12-10-16(11-13-17)22-21-23(28)19-8-4-5-9-20(19)31-24(21)25(29)27(22)15-18-7-6-14-30-18/h4-14,22H,15H2,1-3H3/t22-/m0/s1. The van der Waals surface area contributed by atoms with E-state index in [2.05, 4.69) is 32.9 Å². The average Bonchev–Trinajstić information content (AvgIpc) is 3.36. The lowest BCUT2D eigenvalue weighted by Gasteiger charge is -2.25. The number of nitrogens with zero attached hydrogens (tertiary/aromatic N) is 1. The summed E-state index contributed by atoms with van der Waals surface area (Å²) < 4.78 is 11.5. The summed E-state index contributed by atoms with van der Waals surface area (Å²) in [5.41, 5.74) is 2.70. The lowest BCUT2D eigenvalue weighted by atomic mass is 9.86. The van der Waals surface area contributed by atoms with Gasteiger partial charge >= 0.3 is 0 Å². The molecule has 1 amide bonds. The molecule has 1 atom stereocenters. The first-order chi connectivity index (χ1) is 14.8. The third-order valence-electron chi connectivity index (χ3n) is 5.87. The quantitative estimate of drug-likeness (QED) is 0.449. The Hall–Kier alpha value is -3.60. The predicted molar refractivity (Wildman–Crippen MR) is 118 cm³/mol. The number of amides is 1. The Balaban J connectivity index is 1.70. The number of hydrogen-bond donors (Lipinski definition) is 0. The molecule has 2 aromatic carbocycles. The van der Waals surface area contributed by atoms with E-state index in [9.17, 15) is 9.59 Å². The molecule has 5 heteroatoms. The molecule has 5 rings (SSSR count). The van der Waals surface area contributed by atoms with Gasteiger partial charge in [0.1, 0.15) is 11.3 Å². The van der Waals surface area contributed by atoms with Crippen molar-refractivity contribution < 1.29 is 13.6 Å². The smallest absolute Gasteiger partial charge is 0.291 e. The first-order valence-electron chi connectivity index (χ1n) is 10.3. The van der Waals surface area contributed by atoms with Gasteiger partial charge in [0.25, 0.3) is 5.91 Å². The summed E-state index contributed by atoms with van der Waals surface area (Å²) in [6, 6.07) is 18.2. The lowest BCUT2D eigenvalue weighted by molar-refractivity contribution is 0.0701. The number of para-hydroxylation sites is 1. The SMILES string of the molecule is CC(C)(C)c1ccc([C@H]2c3c(oc4ccccc4c3=O)C(=O)N2Cc2ccco2)cc1. The Morgan fingerprint density at radius 3 is 2.35 bits per heavy atom. The molecule has 31 heavy (non-hydrogen) atoms. The molecule has 0 radical (unpaired) electrons. The van der Waals surface area contributed by atoms with Crippen molar-refractivity contribution in [2.45, 2.75) is 38.8 Å². The van der Waals surface area contributed by atoms with Gasteiger partial charge in [0.15, 0.2) is 5.43 Å². The van der Waals surface area contributed by atoms with Gasteiger partial charge in [-0.15, -0.1) is 0 Å². The normalized spacial score (nSPS) is 16.2. The van der Waals surface area contributed by atoms with Crippen molar-refractivity contribution in [3.05, 3.63) is 105 Å². The van der Waals surface area contributed by atoms with Crippen LogP contribution >= 0.6 is 0 Å². The highest BCUT2D eigenvalue weighted by Gasteiger charge is 2.43. The fourth-order valence-electron chi connectivity index (χ4n) is 4.21. The van der Waals surface area contributed by atoms with Crippen LogP contribution in [0.4, 0.5) is 0 Å². The van der Waals surface area contributed by atoms with Crippen LogP contribution in [-0.4, -0.2) is 10.8 Å². The molecule has 0 N–H and O–H groups in total. The molecule has 2 aromatic heterocycles. The molecular weight excluding hydrogens is 390 g/mol. The Morgan fingerprint density at radius 2 is 1.68 bits per heavy atom. The van der Waals surface area contributed by atoms with E-state index in [0.29, 0.717) is 22.3 Å². The van der Waals surface area contributed by atoms with Crippen LogP contribution < -0.4 is 5.43 Å². The van der Waals surface area contributed by atoms with E-state index in [4.69, 9.17) is 8.83 Å². The van der Waals surface area contributed by atoms with Crippen molar-refractivity contribution in [2.24, 2.45) is 0 Å². The minimum atomic E-state index is -0.539. The summed E-state index contributed by atoms with van der Waals surface area (Å²) in [6.45, 7) is 6.71. The number of carbonyl (C=O) groups is 1. The van der Waals surface area contributed by atoms with Crippen molar-refractivity contribution >= 4 is 16.9 Å². The topological polar surface area (TPSA) is 63.7 Å². The monoisotopic (exact) mass is 413 g/mol. The van der Waals surface area contributed by atoms with Crippen LogP contribution in [0.15, 0.2) is 80.6 Å². The van der Waals surface area contributed by atoms with Gasteiger partial charge in [-0.2, -0.15) is 0 Å². The van der Waals surface area contributed by atoms with Gasteiger partial charge in [0.05, 0.1) is 29.8 Å². The largest absolute Gasteiger partial charge is 0.467 e. The van der Waals surface area contributed by atoms with Crippen molar-refractivity contribution in [1.82, 2.24) is 4.90 Å². The highest BCUT2D eigenvalue weighted by atomic mass is 16.3. The third kappa shape index (κ3) is 3.17. The first kappa shape index (κ1) is 19.4. The Kier molecular flexibility index (Phi) is 4.36. The summed E-state index contributed by atoms with van der Waals surface area (Å²) in [6.07, 6.45) is 1.58. The van der Waals surface area contributed by atoms with Crippen LogP contribution in [0.2, 0.25) is 0 Å². The molecular formula is C26H23NO4. The maximum atomic E-state index is 13.5. The van der Waals surface area contributed by atoms with Gasteiger partial charge in [-0.25, -0.2) is 0 Å². The van der Waals surface area contributed by atoms with Gasteiger partial charge in [0.2, 0.25) is 5.76 Å².